The molecule has 0 radical (unpaired) electrons. The lowest BCUT2D eigenvalue weighted by Gasteiger charge is -2.21. The quantitative estimate of drug-likeness (QED) is 0.0222. The Kier molecular flexibility index (Phi) is 59.9. The van der Waals surface area contributed by atoms with E-state index < -0.39 is 97.5 Å². The van der Waals surface area contributed by atoms with Crippen molar-refractivity contribution >= 4 is 39.5 Å². The van der Waals surface area contributed by atoms with Crippen LogP contribution in [0.15, 0.2) is 0 Å². The van der Waals surface area contributed by atoms with Crippen LogP contribution in [0.4, 0.5) is 0 Å². The highest BCUT2D eigenvalue weighted by atomic mass is 31.2. The summed E-state index contributed by atoms with van der Waals surface area (Å²) in [6.45, 7) is 9.47. The van der Waals surface area contributed by atoms with E-state index in [0.29, 0.717) is 31.6 Å². The van der Waals surface area contributed by atoms with Crippen molar-refractivity contribution in [1.82, 2.24) is 0 Å². The summed E-state index contributed by atoms with van der Waals surface area (Å²) in [5.41, 5.74) is 0. The Hall–Kier alpha value is -1.94. The predicted molar refractivity (Wildman–Crippen MR) is 354 cm³/mol. The molecule has 0 aliphatic carbocycles. The van der Waals surface area contributed by atoms with Crippen LogP contribution in [-0.4, -0.2) is 96.7 Å². The third kappa shape index (κ3) is 62.8. The number of hydrogen-bond acceptors (Lipinski definition) is 15. The Morgan fingerprint density at radius 2 is 0.523 bits per heavy atom. The van der Waals surface area contributed by atoms with Gasteiger partial charge in [-0.25, -0.2) is 9.13 Å². The molecule has 0 fully saturated rings. The number of phosphoric acid groups is 2. The van der Waals surface area contributed by atoms with Crippen LogP contribution in [-0.2, 0) is 65.4 Å². The largest absolute Gasteiger partial charge is 0.472 e. The van der Waals surface area contributed by atoms with Gasteiger partial charge in [-0.15, -0.1) is 0 Å². The molecule has 0 aromatic carbocycles. The van der Waals surface area contributed by atoms with Gasteiger partial charge in [-0.05, 0) is 37.5 Å². The standard InChI is InChI=1S/C69H134O17P2/c1-7-9-11-13-15-17-19-20-21-22-24-28-35-42-48-54-69(74)85-64(57-79-66(71)51-45-39-33-29-25-26-31-37-43-49-61(3)4)59-83-87(75,76)81-55-63(70)56-82-88(77,78)84-60-65(58-80-67(72)52-46-40-36-30-32-38-44-50-62(5)6)86-68(73)53-47-41-34-27-23-18-16-14-12-10-8-2/h61-65,70H,7-60H2,1-6H3,(H,75,76)(H,77,78)/t63-,64-,65-/m1/s1. The molecule has 0 heterocycles. The zero-order valence-electron chi connectivity index (χ0n) is 57.0. The number of hydrogen-bond donors (Lipinski definition) is 3. The summed E-state index contributed by atoms with van der Waals surface area (Å²) in [5, 5.41) is 10.6. The van der Waals surface area contributed by atoms with E-state index >= 15 is 0 Å². The second-order valence-corrected chi connectivity index (χ2v) is 28.8. The fourth-order valence-corrected chi connectivity index (χ4v) is 12.0. The number of ether oxygens (including phenoxy) is 4. The van der Waals surface area contributed by atoms with Gasteiger partial charge in [0.1, 0.15) is 19.3 Å². The maximum absolute atomic E-state index is 13.0. The van der Waals surface area contributed by atoms with Crippen molar-refractivity contribution in [1.29, 1.82) is 0 Å². The van der Waals surface area contributed by atoms with Gasteiger partial charge >= 0.3 is 39.5 Å². The Morgan fingerprint density at radius 1 is 0.307 bits per heavy atom. The summed E-state index contributed by atoms with van der Waals surface area (Å²) in [4.78, 5) is 72.5. The summed E-state index contributed by atoms with van der Waals surface area (Å²) >= 11 is 0. The molecule has 0 aliphatic rings. The first-order valence-corrected chi connectivity index (χ1v) is 39.0. The van der Waals surface area contributed by atoms with E-state index in [0.717, 1.165) is 102 Å². The van der Waals surface area contributed by atoms with Crippen LogP contribution in [0.5, 0.6) is 0 Å². The highest BCUT2D eigenvalue weighted by Gasteiger charge is 2.30. The molecule has 0 amide bonds. The number of aliphatic hydroxyl groups is 1. The third-order valence-electron chi connectivity index (χ3n) is 16.0. The zero-order valence-corrected chi connectivity index (χ0v) is 58.8. The molecule has 0 rings (SSSR count). The molecule has 0 saturated carbocycles. The minimum absolute atomic E-state index is 0.106. The first-order valence-electron chi connectivity index (χ1n) is 36.0. The molecule has 3 N–H and O–H groups in total. The predicted octanol–water partition coefficient (Wildman–Crippen LogP) is 19.6. The molecule has 5 atom stereocenters. The molecule has 0 spiro atoms. The summed E-state index contributed by atoms with van der Waals surface area (Å²) in [6.07, 6.45) is 45.8. The molecule has 0 bridgehead atoms. The van der Waals surface area contributed by atoms with E-state index in [2.05, 4.69) is 41.5 Å². The molecule has 2 unspecified atom stereocenters. The monoisotopic (exact) mass is 1300 g/mol. The van der Waals surface area contributed by atoms with Crippen LogP contribution in [0.1, 0.15) is 350 Å². The fraction of sp³-hybridized carbons (Fsp3) is 0.942. The SMILES string of the molecule is CCCCCCCCCCCCCCCCCC(=O)O[C@H](COC(=O)CCCCCCCCCCCC(C)C)COP(=O)(O)OC[C@@H](O)COP(=O)(O)OC[C@@H](COC(=O)CCCCCCCCCC(C)C)OC(=O)CCCCCCCCCCCCC. The average Bonchev–Trinajstić information content (AvgIpc) is 3.59. The lowest BCUT2D eigenvalue weighted by Crippen LogP contribution is -2.30. The van der Waals surface area contributed by atoms with Crippen LogP contribution in [0.3, 0.4) is 0 Å². The van der Waals surface area contributed by atoms with Crippen molar-refractivity contribution in [2.75, 3.05) is 39.6 Å². The van der Waals surface area contributed by atoms with E-state index in [1.54, 1.807) is 0 Å². The van der Waals surface area contributed by atoms with Gasteiger partial charge in [0.25, 0.3) is 0 Å². The second kappa shape index (κ2) is 61.3. The van der Waals surface area contributed by atoms with Gasteiger partial charge < -0.3 is 33.8 Å². The molecule has 522 valence electrons. The van der Waals surface area contributed by atoms with Crippen molar-refractivity contribution in [2.24, 2.45) is 11.8 Å². The topological polar surface area (TPSA) is 237 Å². The van der Waals surface area contributed by atoms with E-state index in [4.69, 9.17) is 37.0 Å². The minimum Gasteiger partial charge on any atom is -0.462 e. The zero-order chi connectivity index (χ0) is 65.0. The number of esters is 4. The minimum atomic E-state index is -4.95. The van der Waals surface area contributed by atoms with Crippen molar-refractivity contribution in [3.05, 3.63) is 0 Å². The smallest absolute Gasteiger partial charge is 0.462 e. The van der Waals surface area contributed by atoms with Gasteiger partial charge in [0, 0.05) is 25.7 Å². The Morgan fingerprint density at radius 3 is 0.773 bits per heavy atom. The van der Waals surface area contributed by atoms with Crippen LogP contribution in [0.25, 0.3) is 0 Å². The first kappa shape index (κ1) is 86.1. The number of carbonyl (C=O) groups excluding carboxylic acids is 4. The number of unbranched alkanes of at least 4 members (excludes halogenated alkanes) is 38. The summed E-state index contributed by atoms with van der Waals surface area (Å²) in [5.74, 6) is -0.676. The molecule has 19 heteroatoms. The molecular formula is C69H134O17P2. The van der Waals surface area contributed by atoms with Crippen LogP contribution < -0.4 is 0 Å². The summed E-state index contributed by atoms with van der Waals surface area (Å²) in [6, 6.07) is 0. The van der Waals surface area contributed by atoms with Gasteiger partial charge in [-0.3, -0.25) is 37.3 Å². The molecule has 0 aromatic rings. The van der Waals surface area contributed by atoms with E-state index in [9.17, 15) is 43.2 Å². The van der Waals surface area contributed by atoms with E-state index in [-0.39, 0.29) is 25.7 Å². The fourth-order valence-electron chi connectivity index (χ4n) is 10.4. The van der Waals surface area contributed by atoms with Crippen molar-refractivity contribution in [2.45, 2.75) is 368 Å². The maximum atomic E-state index is 13.0. The van der Waals surface area contributed by atoms with Gasteiger partial charge in [0.15, 0.2) is 12.2 Å². The molecule has 0 aliphatic heterocycles. The molecule has 0 saturated heterocycles. The van der Waals surface area contributed by atoms with Crippen molar-refractivity contribution in [3.8, 4) is 0 Å². The van der Waals surface area contributed by atoms with Crippen LogP contribution >= 0.6 is 15.6 Å². The lowest BCUT2D eigenvalue weighted by molar-refractivity contribution is -0.161. The highest BCUT2D eigenvalue weighted by Crippen LogP contribution is 2.45. The Balaban J connectivity index is 5.25. The van der Waals surface area contributed by atoms with Crippen molar-refractivity contribution in [3.63, 3.8) is 0 Å². The normalized spacial score (nSPS) is 14.2. The maximum Gasteiger partial charge on any atom is 0.472 e. The van der Waals surface area contributed by atoms with Gasteiger partial charge in [0.05, 0.1) is 26.4 Å². The summed E-state index contributed by atoms with van der Waals surface area (Å²) in [7, 11) is -9.90. The number of phosphoric ester groups is 2. The van der Waals surface area contributed by atoms with Crippen LogP contribution in [0, 0.1) is 11.8 Å². The molecule has 0 aromatic heterocycles. The summed E-state index contributed by atoms with van der Waals surface area (Å²) < 4.78 is 68.2. The molecule has 17 nitrogen and oxygen atoms in total. The number of rotatable bonds is 68. The average molecular weight is 1300 g/mol. The van der Waals surface area contributed by atoms with Crippen molar-refractivity contribution < 1.29 is 80.2 Å². The Labute approximate surface area is 537 Å². The van der Waals surface area contributed by atoms with E-state index in [1.807, 2.05) is 0 Å². The second-order valence-electron chi connectivity index (χ2n) is 25.9. The molecule has 88 heavy (non-hydrogen) atoms. The number of carbonyl (C=O) groups is 4. The molecular weight excluding hydrogens is 1160 g/mol. The van der Waals surface area contributed by atoms with Crippen LogP contribution in [0.2, 0.25) is 0 Å². The Bertz CT molecular complexity index is 1720. The highest BCUT2D eigenvalue weighted by molar-refractivity contribution is 7.47. The van der Waals surface area contributed by atoms with E-state index in [1.165, 1.54) is 161 Å². The lowest BCUT2D eigenvalue weighted by atomic mass is 10.0. The van der Waals surface area contributed by atoms with Gasteiger partial charge in [-0.1, -0.05) is 298 Å². The van der Waals surface area contributed by atoms with Gasteiger partial charge in [-0.2, -0.15) is 0 Å². The third-order valence-corrected chi connectivity index (χ3v) is 17.9. The van der Waals surface area contributed by atoms with Gasteiger partial charge in [0.2, 0.25) is 0 Å². The first-order chi connectivity index (χ1) is 42.4. The number of aliphatic hydroxyl groups excluding tert-OH is 1.